The summed E-state index contributed by atoms with van der Waals surface area (Å²) in [7, 11) is 0. The summed E-state index contributed by atoms with van der Waals surface area (Å²) in [5, 5.41) is 3.94. The Morgan fingerprint density at radius 1 is 0.824 bits per heavy atom. The minimum Gasteiger partial charge on any atom is -0.489 e. The molecule has 0 saturated heterocycles. The summed E-state index contributed by atoms with van der Waals surface area (Å²) in [6.07, 6.45) is -10.0. The number of benzene rings is 3. The van der Waals surface area contributed by atoms with Gasteiger partial charge in [-0.1, -0.05) is 36.4 Å². The minimum absolute atomic E-state index is 0.00620. The van der Waals surface area contributed by atoms with Gasteiger partial charge in [0.15, 0.2) is 5.11 Å². The van der Waals surface area contributed by atoms with Crippen molar-refractivity contribution in [1.29, 1.82) is 0 Å². The molecule has 34 heavy (non-hydrogen) atoms. The zero-order chi connectivity index (χ0) is 24.9. The van der Waals surface area contributed by atoms with Crippen LogP contribution in [0.25, 0.3) is 0 Å². The SMILES string of the molecule is O=C(NC(=S)Nc1cc(C(F)(F)F)cc(C(F)(F)F)c1)c1cccc(OCc2ccccc2)c1. The molecule has 1 amide bonds. The molecule has 3 rings (SSSR count). The van der Waals surface area contributed by atoms with Crippen LogP contribution in [0.3, 0.4) is 0 Å². The van der Waals surface area contributed by atoms with Gasteiger partial charge in [0.2, 0.25) is 0 Å². The van der Waals surface area contributed by atoms with Crippen molar-refractivity contribution in [2.45, 2.75) is 19.0 Å². The fraction of sp³-hybridized carbons (Fsp3) is 0.130. The molecule has 0 unspecified atom stereocenters. The van der Waals surface area contributed by atoms with Gasteiger partial charge >= 0.3 is 12.4 Å². The average Bonchev–Trinajstić information content (AvgIpc) is 2.77. The molecule has 4 nitrogen and oxygen atoms in total. The van der Waals surface area contributed by atoms with Crippen molar-refractivity contribution in [3.8, 4) is 5.75 Å². The molecular weight excluding hydrogens is 482 g/mol. The normalized spacial score (nSPS) is 11.6. The maximum absolute atomic E-state index is 13.0. The van der Waals surface area contributed by atoms with E-state index in [0.29, 0.717) is 17.9 Å². The predicted molar refractivity (Wildman–Crippen MR) is 117 cm³/mol. The quantitative estimate of drug-likeness (QED) is 0.315. The first-order chi connectivity index (χ1) is 15.9. The second-order valence-corrected chi connectivity index (χ2v) is 7.41. The molecule has 0 fully saturated rings. The fourth-order valence-corrected chi connectivity index (χ4v) is 3.04. The van der Waals surface area contributed by atoms with Crippen molar-refractivity contribution in [1.82, 2.24) is 5.32 Å². The summed E-state index contributed by atoms with van der Waals surface area (Å²) in [6, 6.07) is 16.2. The molecule has 0 radical (unpaired) electrons. The highest BCUT2D eigenvalue weighted by atomic mass is 32.1. The van der Waals surface area contributed by atoms with E-state index in [1.54, 1.807) is 12.1 Å². The van der Waals surface area contributed by atoms with Gasteiger partial charge in [0.25, 0.3) is 5.91 Å². The number of amides is 1. The number of nitrogens with one attached hydrogen (secondary N) is 2. The van der Waals surface area contributed by atoms with Crippen molar-refractivity contribution < 1.29 is 35.9 Å². The zero-order valence-corrected chi connectivity index (χ0v) is 17.9. The molecule has 3 aromatic carbocycles. The summed E-state index contributed by atoms with van der Waals surface area (Å²) in [5.41, 5.74) is -2.58. The van der Waals surface area contributed by atoms with Crippen LogP contribution < -0.4 is 15.4 Å². The standard InChI is InChI=1S/C23H16F6N2O2S/c24-22(25,26)16-10-17(23(27,28)29)12-18(11-16)30-21(34)31-20(32)15-7-4-8-19(9-15)33-13-14-5-2-1-3-6-14/h1-12H,13H2,(H2,30,31,32,34). The van der Waals surface area contributed by atoms with Gasteiger partial charge < -0.3 is 10.1 Å². The van der Waals surface area contributed by atoms with Crippen LogP contribution >= 0.6 is 12.2 Å². The molecule has 0 bridgehead atoms. The Hall–Kier alpha value is -3.60. The first-order valence-corrected chi connectivity index (χ1v) is 10.0. The lowest BCUT2D eigenvalue weighted by Gasteiger charge is -2.16. The van der Waals surface area contributed by atoms with E-state index in [2.05, 4.69) is 10.6 Å². The number of hydrogen-bond donors (Lipinski definition) is 2. The van der Waals surface area contributed by atoms with E-state index in [0.717, 1.165) is 5.56 Å². The lowest BCUT2D eigenvalue weighted by Crippen LogP contribution is -2.34. The second-order valence-electron chi connectivity index (χ2n) is 7.00. The molecule has 0 spiro atoms. The van der Waals surface area contributed by atoms with Gasteiger partial charge in [-0.2, -0.15) is 26.3 Å². The van der Waals surface area contributed by atoms with E-state index in [9.17, 15) is 31.1 Å². The van der Waals surface area contributed by atoms with Crippen LogP contribution in [0.2, 0.25) is 0 Å². The Morgan fingerprint density at radius 3 is 2.03 bits per heavy atom. The van der Waals surface area contributed by atoms with E-state index in [1.165, 1.54) is 12.1 Å². The first-order valence-electron chi connectivity index (χ1n) is 9.60. The zero-order valence-electron chi connectivity index (χ0n) is 17.1. The number of halogens is 6. The van der Waals surface area contributed by atoms with Crippen LogP contribution in [-0.4, -0.2) is 11.0 Å². The van der Waals surface area contributed by atoms with Gasteiger partial charge in [-0.05, 0) is 54.2 Å². The van der Waals surface area contributed by atoms with Crippen molar-refractivity contribution in [3.63, 3.8) is 0 Å². The number of carbonyl (C=O) groups is 1. The smallest absolute Gasteiger partial charge is 0.416 e. The number of ether oxygens (including phenoxy) is 1. The van der Waals surface area contributed by atoms with Crippen LogP contribution in [-0.2, 0) is 19.0 Å². The fourth-order valence-electron chi connectivity index (χ4n) is 2.83. The Bertz CT molecular complexity index is 1150. The number of alkyl halides is 6. The third kappa shape index (κ3) is 6.95. The van der Waals surface area contributed by atoms with Gasteiger partial charge in [0.05, 0.1) is 11.1 Å². The van der Waals surface area contributed by atoms with Crippen molar-refractivity contribution in [2.24, 2.45) is 0 Å². The molecule has 2 N–H and O–H groups in total. The first kappa shape index (κ1) is 25.0. The second kappa shape index (κ2) is 10.1. The van der Waals surface area contributed by atoms with Crippen LogP contribution in [0.1, 0.15) is 27.0 Å². The molecule has 11 heteroatoms. The molecule has 0 aliphatic rings. The maximum Gasteiger partial charge on any atom is 0.416 e. The third-order valence-electron chi connectivity index (χ3n) is 4.42. The lowest BCUT2D eigenvalue weighted by molar-refractivity contribution is -0.143. The summed E-state index contributed by atoms with van der Waals surface area (Å²) < 4.78 is 83.7. The van der Waals surface area contributed by atoms with Gasteiger partial charge in [0.1, 0.15) is 12.4 Å². The molecule has 0 aliphatic heterocycles. The number of thiocarbonyl (C=S) groups is 1. The van der Waals surface area contributed by atoms with Crippen LogP contribution in [0.5, 0.6) is 5.75 Å². The van der Waals surface area contributed by atoms with Gasteiger partial charge in [-0.15, -0.1) is 0 Å². The summed E-state index contributed by atoms with van der Waals surface area (Å²) >= 11 is 4.90. The van der Waals surface area contributed by atoms with Crippen molar-refractivity contribution in [2.75, 3.05) is 5.32 Å². The summed E-state index contributed by atoms with van der Waals surface area (Å²) in [6.45, 7) is 0.253. The molecule has 0 heterocycles. The van der Waals surface area contributed by atoms with E-state index in [1.807, 2.05) is 30.3 Å². The molecule has 0 atom stereocenters. The summed E-state index contributed by atoms with van der Waals surface area (Å²) in [5.74, 6) is -0.353. The monoisotopic (exact) mass is 498 g/mol. The molecule has 178 valence electrons. The topological polar surface area (TPSA) is 50.4 Å². The molecular formula is C23H16F6N2O2S. The van der Waals surface area contributed by atoms with Crippen molar-refractivity contribution >= 4 is 28.9 Å². The lowest BCUT2D eigenvalue weighted by atomic mass is 10.1. The highest BCUT2D eigenvalue weighted by Crippen LogP contribution is 2.37. The van der Waals surface area contributed by atoms with Gasteiger partial charge in [0, 0.05) is 11.3 Å². The van der Waals surface area contributed by atoms with Crippen LogP contribution in [0.4, 0.5) is 32.0 Å². The number of anilines is 1. The average molecular weight is 498 g/mol. The van der Waals surface area contributed by atoms with Gasteiger partial charge in [-0.25, -0.2) is 0 Å². The molecule has 0 saturated carbocycles. The van der Waals surface area contributed by atoms with E-state index >= 15 is 0 Å². The molecule has 3 aromatic rings. The Labute approximate surface area is 195 Å². The number of rotatable bonds is 5. The Balaban J connectivity index is 1.69. The van der Waals surface area contributed by atoms with E-state index in [4.69, 9.17) is 17.0 Å². The molecule has 0 aromatic heterocycles. The summed E-state index contributed by atoms with van der Waals surface area (Å²) in [4.78, 5) is 12.5. The van der Waals surface area contributed by atoms with Gasteiger partial charge in [-0.3, -0.25) is 10.1 Å². The number of carbonyl (C=O) groups excluding carboxylic acids is 1. The predicted octanol–water partition coefficient (Wildman–Crippen LogP) is 6.43. The van der Waals surface area contributed by atoms with Crippen molar-refractivity contribution in [3.05, 3.63) is 95.1 Å². The Morgan fingerprint density at radius 2 is 1.44 bits per heavy atom. The number of hydrogen-bond acceptors (Lipinski definition) is 3. The third-order valence-corrected chi connectivity index (χ3v) is 4.62. The van der Waals surface area contributed by atoms with E-state index < -0.39 is 40.2 Å². The van der Waals surface area contributed by atoms with Crippen LogP contribution in [0, 0.1) is 0 Å². The maximum atomic E-state index is 13.0. The van der Waals surface area contributed by atoms with E-state index in [-0.39, 0.29) is 18.2 Å². The highest BCUT2D eigenvalue weighted by Gasteiger charge is 2.37. The highest BCUT2D eigenvalue weighted by molar-refractivity contribution is 7.80. The minimum atomic E-state index is -5.01. The Kier molecular flexibility index (Phi) is 7.45. The molecule has 0 aliphatic carbocycles. The largest absolute Gasteiger partial charge is 0.489 e. The van der Waals surface area contributed by atoms with Crippen LogP contribution in [0.15, 0.2) is 72.8 Å².